The lowest BCUT2D eigenvalue weighted by atomic mass is 9.88. The minimum absolute atomic E-state index is 0.0276. The molecule has 2 aromatic heterocycles. The van der Waals surface area contributed by atoms with E-state index in [2.05, 4.69) is 28.5 Å². The lowest BCUT2D eigenvalue weighted by molar-refractivity contribution is -0.119. The first kappa shape index (κ1) is 18.7. The third kappa shape index (κ3) is 4.12. The predicted octanol–water partition coefficient (Wildman–Crippen LogP) is 3.43. The van der Waals surface area contributed by atoms with Crippen molar-refractivity contribution in [3.8, 4) is 0 Å². The SMILES string of the molecule is Cc1ccc2nc(CSCC(=O)N[C@H]3CCCc4ccccc43)cc(=O)n2c1. The van der Waals surface area contributed by atoms with E-state index in [0.717, 1.165) is 24.8 Å². The summed E-state index contributed by atoms with van der Waals surface area (Å²) >= 11 is 1.48. The van der Waals surface area contributed by atoms with E-state index in [0.29, 0.717) is 22.8 Å². The normalized spacial score (nSPS) is 16.0. The first-order valence-electron chi connectivity index (χ1n) is 9.54. The van der Waals surface area contributed by atoms with Crippen molar-refractivity contribution < 1.29 is 4.79 Å². The van der Waals surface area contributed by atoms with Crippen molar-refractivity contribution in [3.05, 3.63) is 81.4 Å². The van der Waals surface area contributed by atoms with Gasteiger partial charge in [-0.3, -0.25) is 14.0 Å². The van der Waals surface area contributed by atoms with E-state index in [1.165, 1.54) is 22.9 Å². The molecular weight excluding hydrogens is 370 g/mol. The van der Waals surface area contributed by atoms with Crippen LogP contribution in [0.25, 0.3) is 5.65 Å². The number of hydrogen-bond acceptors (Lipinski definition) is 4. The number of aromatic nitrogens is 2. The zero-order valence-electron chi connectivity index (χ0n) is 15.9. The van der Waals surface area contributed by atoms with Crippen LogP contribution in [0.4, 0.5) is 0 Å². The number of rotatable bonds is 5. The number of hydrogen-bond donors (Lipinski definition) is 1. The molecule has 1 atom stereocenters. The number of pyridine rings is 1. The van der Waals surface area contributed by atoms with Gasteiger partial charge in [0.1, 0.15) is 5.65 Å². The van der Waals surface area contributed by atoms with Crippen LogP contribution in [-0.4, -0.2) is 21.0 Å². The molecule has 0 aliphatic heterocycles. The van der Waals surface area contributed by atoms with Crippen LogP contribution in [0.15, 0.2) is 53.5 Å². The van der Waals surface area contributed by atoms with Crippen molar-refractivity contribution >= 4 is 23.3 Å². The lowest BCUT2D eigenvalue weighted by Gasteiger charge is -2.26. The summed E-state index contributed by atoms with van der Waals surface area (Å²) in [6.45, 7) is 1.94. The quantitative estimate of drug-likeness (QED) is 0.721. The summed E-state index contributed by atoms with van der Waals surface area (Å²) < 4.78 is 1.55. The molecule has 0 saturated carbocycles. The van der Waals surface area contributed by atoms with Gasteiger partial charge in [0.15, 0.2) is 0 Å². The molecule has 28 heavy (non-hydrogen) atoms. The third-order valence-electron chi connectivity index (χ3n) is 5.05. The van der Waals surface area contributed by atoms with E-state index in [1.54, 1.807) is 16.7 Å². The van der Waals surface area contributed by atoms with Crippen LogP contribution < -0.4 is 10.9 Å². The van der Waals surface area contributed by atoms with Gasteiger partial charge in [-0.2, -0.15) is 0 Å². The summed E-state index contributed by atoms with van der Waals surface area (Å²) in [6.07, 6.45) is 4.95. The molecule has 4 rings (SSSR count). The largest absolute Gasteiger partial charge is 0.349 e. The fraction of sp³-hybridized carbons (Fsp3) is 0.318. The van der Waals surface area contributed by atoms with Crippen LogP contribution in [0, 0.1) is 6.92 Å². The first-order valence-corrected chi connectivity index (χ1v) is 10.7. The maximum Gasteiger partial charge on any atom is 0.258 e. The van der Waals surface area contributed by atoms with Crippen LogP contribution in [0.1, 0.15) is 41.3 Å². The van der Waals surface area contributed by atoms with Crippen LogP contribution in [-0.2, 0) is 17.0 Å². The first-order chi connectivity index (χ1) is 13.6. The number of thioether (sulfide) groups is 1. The predicted molar refractivity (Wildman–Crippen MR) is 113 cm³/mol. The Kier molecular flexibility index (Phi) is 5.48. The molecule has 2 heterocycles. The van der Waals surface area contributed by atoms with Crippen molar-refractivity contribution in [2.75, 3.05) is 5.75 Å². The van der Waals surface area contributed by atoms with Crippen molar-refractivity contribution in [3.63, 3.8) is 0 Å². The van der Waals surface area contributed by atoms with E-state index in [1.807, 2.05) is 25.1 Å². The molecule has 6 heteroatoms. The Balaban J connectivity index is 1.36. The van der Waals surface area contributed by atoms with Crippen LogP contribution >= 0.6 is 11.8 Å². The second-order valence-corrected chi connectivity index (χ2v) is 8.21. The molecule has 0 bridgehead atoms. The molecule has 0 saturated heterocycles. The van der Waals surface area contributed by atoms with Gasteiger partial charge < -0.3 is 5.32 Å². The highest BCUT2D eigenvalue weighted by Crippen LogP contribution is 2.29. The number of amides is 1. The minimum atomic E-state index is -0.0902. The fourth-order valence-electron chi connectivity index (χ4n) is 3.72. The lowest BCUT2D eigenvalue weighted by Crippen LogP contribution is -2.32. The van der Waals surface area contributed by atoms with E-state index in [4.69, 9.17) is 0 Å². The Morgan fingerprint density at radius 2 is 2.14 bits per heavy atom. The molecule has 0 radical (unpaired) electrons. The summed E-state index contributed by atoms with van der Waals surface area (Å²) in [6, 6.07) is 13.8. The van der Waals surface area contributed by atoms with E-state index in [9.17, 15) is 9.59 Å². The Labute approximate surface area is 168 Å². The van der Waals surface area contributed by atoms with Gasteiger partial charge in [0.05, 0.1) is 17.5 Å². The van der Waals surface area contributed by atoms with Gasteiger partial charge in [-0.15, -0.1) is 11.8 Å². The highest BCUT2D eigenvalue weighted by molar-refractivity contribution is 7.99. The van der Waals surface area contributed by atoms with Crippen molar-refractivity contribution in [2.45, 2.75) is 38.0 Å². The molecule has 1 amide bonds. The van der Waals surface area contributed by atoms with Gasteiger partial charge in [-0.25, -0.2) is 4.98 Å². The molecule has 1 N–H and O–H groups in total. The molecule has 3 aromatic rings. The second-order valence-electron chi connectivity index (χ2n) is 7.22. The van der Waals surface area contributed by atoms with Crippen LogP contribution in [0.3, 0.4) is 0 Å². The summed E-state index contributed by atoms with van der Waals surface area (Å²) in [5, 5.41) is 3.16. The number of nitrogens with one attached hydrogen (secondary N) is 1. The average Bonchev–Trinajstić information content (AvgIpc) is 2.69. The third-order valence-corrected chi connectivity index (χ3v) is 6.01. The zero-order valence-corrected chi connectivity index (χ0v) is 16.7. The molecule has 1 aliphatic rings. The standard InChI is InChI=1S/C22H23N3O2S/c1-15-9-10-20-23-17(11-22(27)25(20)12-15)13-28-14-21(26)24-19-8-4-6-16-5-2-3-7-18(16)19/h2-3,5,7,9-12,19H,4,6,8,13-14H2,1H3,(H,24,26)/t19-/m0/s1. The van der Waals surface area contributed by atoms with Gasteiger partial charge in [0, 0.05) is 18.0 Å². The van der Waals surface area contributed by atoms with Crippen molar-refractivity contribution in [2.24, 2.45) is 0 Å². The summed E-state index contributed by atoms with van der Waals surface area (Å²) in [7, 11) is 0. The van der Waals surface area contributed by atoms with Crippen LogP contribution in [0.5, 0.6) is 0 Å². The summed E-state index contributed by atoms with van der Waals surface area (Å²) in [5.41, 5.74) is 4.84. The number of carbonyl (C=O) groups is 1. The van der Waals surface area contributed by atoms with E-state index < -0.39 is 0 Å². The molecule has 144 valence electrons. The minimum Gasteiger partial charge on any atom is -0.349 e. The Bertz CT molecular complexity index is 1080. The Morgan fingerprint density at radius 3 is 3.04 bits per heavy atom. The number of carbonyl (C=O) groups excluding carboxylic acids is 1. The molecule has 1 aromatic carbocycles. The molecule has 5 nitrogen and oxygen atoms in total. The van der Waals surface area contributed by atoms with Crippen molar-refractivity contribution in [1.29, 1.82) is 0 Å². The zero-order chi connectivity index (χ0) is 19.5. The maximum absolute atomic E-state index is 12.4. The topological polar surface area (TPSA) is 63.5 Å². The van der Waals surface area contributed by atoms with Crippen LogP contribution in [0.2, 0.25) is 0 Å². The van der Waals surface area contributed by atoms with E-state index in [-0.39, 0.29) is 17.5 Å². The van der Waals surface area contributed by atoms with Crippen molar-refractivity contribution in [1.82, 2.24) is 14.7 Å². The summed E-state index contributed by atoms with van der Waals surface area (Å²) in [5.74, 6) is 0.918. The Hall–Kier alpha value is -2.60. The molecule has 1 aliphatic carbocycles. The average molecular weight is 394 g/mol. The maximum atomic E-state index is 12.4. The molecular formula is C22H23N3O2S. The van der Waals surface area contributed by atoms with Gasteiger partial charge in [-0.1, -0.05) is 30.3 Å². The van der Waals surface area contributed by atoms with Gasteiger partial charge in [0.25, 0.3) is 5.56 Å². The highest BCUT2D eigenvalue weighted by atomic mass is 32.2. The Morgan fingerprint density at radius 1 is 1.29 bits per heavy atom. The number of nitrogens with zero attached hydrogens (tertiary/aromatic N) is 2. The monoisotopic (exact) mass is 393 g/mol. The fourth-order valence-corrected chi connectivity index (χ4v) is 4.45. The highest BCUT2D eigenvalue weighted by Gasteiger charge is 2.21. The molecule has 0 fully saturated rings. The second kappa shape index (κ2) is 8.19. The number of fused-ring (bicyclic) bond motifs is 2. The van der Waals surface area contributed by atoms with Gasteiger partial charge >= 0.3 is 0 Å². The summed E-state index contributed by atoms with van der Waals surface area (Å²) in [4.78, 5) is 29.2. The molecule has 0 spiro atoms. The van der Waals surface area contributed by atoms with Gasteiger partial charge in [0.2, 0.25) is 5.91 Å². The number of benzene rings is 1. The number of aryl methyl sites for hydroxylation is 2. The van der Waals surface area contributed by atoms with E-state index >= 15 is 0 Å². The van der Waals surface area contributed by atoms with Gasteiger partial charge in [-0.05, 0) is 48.9 Å². The molecule has 0 unspecified atom stereocenters. The smallest absolute Gasteiger partial charge is 0.258 e.